The van der Waals surface area contributed by atoms with Crippen LogP contribution in [-0.4, -0.2) is 25.5 Å². The number of hydrogen-bond donors (Lipinski definition) is 1. The summed E-state index contributed by atoms with van der Waals surface area (Å²) < 4.78 is 15.8. The third-order valence-corrected chi connectivity index (χ3v) is 3.31. The van der Waals surface area contributed by atoms with Gasteiger partial charge in [0.15, 0.2) is 18.1 Å². The largest absolute Gasteiger partial charge is 0.482 e. The third kappa shape index (κ3) is 3.92. The lowest BCUT2D eigenvalue weighted by Gasteiger charge is -2.06. The molecule has 0 aliphatic carbocycles. The molecule has 1 amide bonds. The van der Waals surface area contributed by atoms with Crippen molar-refractivity contribution in [1.29, 1.82) is 0 Å². The number of hydrazone groups is 1. The number of halogens is 1. The summed E-state index contributed by atoms with van der Waals surface area (Å²) in [5, 5.41) is 4.32. The highest BCUT2D eigenvalue weighted by molar-refractivity contribution is 6.32. The van der Waals surface area contributed by atoms with Gasteiger partial charge in [-0.15, -0.1) is 0 Å². The summed E-state index contributed by atoms with van der Waals surface area (Å²) in [5.41, 5.74) is 3.16. The summed E-state index contributed by atoms with van der Waals surface area (Å²) in [6.07, 6.45) is 1.51. The van der Waals surface area contributed by atoms with E-state index in [0.29, 0.717) is 22.3 Å². The summed E-state index contributed by atoms with van der Waals surface area (Å²) in [4.78, 5) is 11.7. The highest BCUT2D eigenvalue weighted by Crippen LogP contribution is 2.31. The van der Waals surface area contributed by atoms with Crippen molar-refractivity contribution in [2.24, 2.45) is 5.10 Å². The lowest BCUT2D eigenvalue weighted by atomic mass is 10.2. The molecule has 0 fully saturated rings. The maximum atomic E-state index is 11.7. The van der Waals surface area contributed by atoms with Crippen molar-refractivity contribution in [3.63, 3.8) is 0 Å². The number of nitrogens with one attached hydrogen (secondary N) is 1. The Kier molecular flexibility index (Phi) is 4.63. The van der Waals surface area contributed by atoms with Crippen LogP contribution in [0, 0.1) is 0 Å². The van der Waals surface area contributed by atoms with Gasteiger partial charge in [-0.05, 0) is 35.9 Å². The number of ether oxygens (including phenoxy) is 3. The number of carbonyl (C=O) groups is 1. The summed E-state index contributed by atoms with van der Waals surface area (Å²) in [5.74, 6) is 1.41. The smallest absolute Gasteiger partial charge is 0.277 e. The Morgan fingerprint density at radius 2 is 2.09 bits per heavy atom. The molecule has 6 nitrogen and oxygen atoms in total. The molecule has 1 aliphatic heterocycles. The van der Waals surface area contributed by atoms with Gasteiger partial charge in [0.1, 0.15) is 5.75 Å². The first-order valence-corrected chi connectivity index (χ1v) is 7.19. The van der Waals surface area contributed by atoms with Crippen LogP contribution in [-0.2, 0) is 4.79 Å². The molecule has 0 saturated carbocycles. The topological polar surface area (TPSA) is 69.2 Å². The van der Waals surface area contributed by atoms with Gasteiger partial charge in [-0.25, -0.2) is 5.43 Å². The van der Waals surface area contributed by atoms with E-state index in [9.17, 15) is 4.79 Å². The highest BCUT2D eigenvalue weighted by atomic mass is 35.5. The maximum Gasteiger partial charge on any atom is 0.277 e. The number of nitrogens with zero attached hydrogens (tertiary/aromatic N) is 1. The lowest BCUT2D eigenvalue weighted by molar-refractivity contribution is -0.123. The van der Waals surface area contributed by atoms with Crippen LogP contribution < -0.4 is 19.6 Å². The zero-order chi connectivity index (χ0) is 16.1. The number of fused-ring (bicyclic) bond motifs is 1. The fourth-order valence-electron chi connectivity index (χ4n) is 1.91. The van der Waals surface area contributed by atoms with E-state index in [2.05, 4.69) is 10.5 Å². The monoisotopic (exact) mass is 332 g/mol. The van der Waals surface area contributed by atoms with Crippen LogP contribution in [0.1, 0.15) is 5.56 Å². The van der Waals surface area contributed by atoms with Crippen molar-refractivity contribution in [3.8, 4) is 17.2 Å². The molecular formula is C16H13ClN2O4. The normalized spacial score (nSPS) is 12.4. The zero-order valence-electron chi connectivity index (χ0n) is 12.0. The number of hydrogen-bond acceptors (Lipinski definition) is 5. The van der Waals surface area contributed by atoms with E-state index in [-0.39, 0.29) is 19.3 Å². The molecule has 0 bridgehead atoms. The fourth-order valence-corrected chi connectivity index (χ4v) is 2.10. The molecule has 0 saturated heterocycles. The van der Waals surface area contributed by atoms with Crippen molar-refractivity contribution in [2.75, 3.05) is 13.4 Å². The second-order valence-electron chi connectivity index (χ2n) is 4.62. The van der Waals surface area contributed by atoms with Gasteiger partial charge in [0, 0.05) is 0 Å². The van der Waals surface area contributed by atoms with Crippen LogP contribution in [0.3, 0.4) is 0 Å². The van der Waals surface area contributed by atoms with Crippen molar-refractivity contribution >= 4 is 23.7 Å². The minimum absolute atomic E-state index is 0.178. The minimum atomic E-state index is -0.387. The van der Waals surface area contributed by atoms with Gasteiger partial charge in [-0.1, -0.05) is 23.7 Å². The molecule has 2 aromatic carbocycles. The van der Waals surface area contributed by atoms with E-state index >= 15 is 0 Å². The van der Waals surface area contributed by atoms with Gasteiger partial charge in [0.05, 0.1) is 11.2 Å². The van der Waals surface area contributed by atoms with Crippen LogP contribution in [0.4, 0.5) is 0 Å². The first-order valence-electron chi connectivity index (χ1n) is 6.81. The second-order valence-corrected chi connectivity index (χ2v) is 5.03. The molecule has 7 heteroatoms. The predicted octanol–water partition coefficient (Wildman–Crippen LogP) is 2.60. The van der Waals surface area contributed by atoms with Crippen LogP contribution in [0.25, 0.3) is 0 Å². The number of para-hydroxylation sites is 1. The Hall–Kier alpha value is -2.73. The SMILES string of the molecule is O=C(COc1ccccc1Cl)N/N=C/c1ccc2c(c1)OCO2. The molecule has 1 heterocycles. The fraction of sp³-hybridized carbons (Fsp3) is 0.125. The van der Waals surface area contributed by atoms with E-state index in [0.717, 1.165) is 5.56 Å². The summed E-state index contributed by atoms with van der Waals surface area (Å²) in [6, 6.07) is 12.3. The van der Waals surface area contributed by atoms with Gasteiger partial charge in [0.2, 0.25) is 6.79 Å². The van der Waals surface area contributed by atoms with Crippen molar-refractivity contribution < 1.29 is 19.0 Å². The number of amides is 1. The molecule has 1 N–H and O–H groups in total. The molecule has 118 valence electrons. The molecule has 0 aromatic heterocycles. The Morgan fingerprint density at radius 3 is 2.96 bits per heavy atom. The minimum Gasteiger partial charge on any atom is -0.482 e. The van der Waals surface area contributed by atoms with Gasteiger partial charge in [0.25, 0.3) is 5.91 Å². The van der Waals surface area contributed by atoms with Crippen molar-refractivity contribution in [3.05, 3.63) is 53.1 Å². The van der Waals surface area contributed by atoms with Crippen LogP contribution >= 0.6 is 11.6 Å². The van der Waals surface area contributed by atoms with Crippen LogP contribution in [0.15, 0.2) is 47.6 Å². The van der Waals surface area contributed by atoms with Gasteiger partial charge in [-0.2, -0.15) is 5.10 Å². The molecular weight excluding hydrogens is 320 g/mol. The van der Waals surface area contributed by atoms with Crippen LogP contribution in [0.2, 0.25) is 5.02 Å². The maximum absolute atomic E-state index is 11.7. The van der Waals surface area contributed by atoms with E-state index in [1.165, 1.54) is 6.21 Å². The third-order valence-electron chi connectivity index (χ3n) is 2.99. The zero-order valence-corrected chi connectivity index (χ0v) is 12.7. The quantitative estimate of drug-likeness (QED) is 0.675. The van der Waals surface area contributed by atoms with Crippen LogP contribution in [0.5, 0.6) is 17.2 Å². The second kappa shape index (κ2) is 7.02. The average molecular weight is 333 g/mol. The van der Waals surface area contributed by atoms with Gasteiger partial charge in [-0.3, -0.25) is 4.79 Å². The summed E-state index contributed by atoms with van der Waals surface area (Å²) in [6.45, 7) is 0.0360. The molecule has 0 spiro atoms. The number of carbonyl (C=O) groups excluding carboxylic acids is 1. The average Bonchev–Trinajstić information content (AvgIpc) is 3.02. The molecule has 1 aliphatic rings. The summed E-state index contributed by atoms with van der Waals surface area (Å²) >= 11 is 5.93. The Labute approximate surface area is 137 Å². The number of benzene rings is 2. The van der Waals surface area contributed by atoms with E-state index in [4.69, 9.17) is 25.8 Å². The van der Waals surface area contributed by atoms with Gasteiger partial charge >= 0.3 is 0 Å². The first kappa shape index (κ1) is 15.2. The standard InChI is InChI=1S/C16H13ClN2O4/c17-12-3-1-2-4-13(12)21-9-16(20)19-18-8-11-5-6-14-15(7-11)23-10-22-14/h1-8H,9-10H2,(H,19,20)/b18-8+. The van der Waals surface area contributed by atoms with Gasteiger partial charge < -0.3 is 14.2 Å². The Balaban J connectivity index is 1.50. The molecule has 0 atom stereocenters. The molecule has 3 rings (SSSR count). The van der Waals surface area contributed by atoms with Crippen molar-refractivity contribution in [2.45, 2.75) is 0 Å². The number of rotatable bonds is 5. The summed E-state index contributed by atoms with van der Waals surface area (Å²) in [7, 11) is 0. The predicted molar refractivity (Wildman–Crippen MR) is 85.2 cm³/mol. The molecule has 0 radical (unpaired) electrons. The first-order chi connectivity index (χ1) is 11.2. The van der Waals surface area contributed by atoms with E-state index < -0.39 is 0 Å². The van der Waals surface area contributed by atoms with E-state index in [1.54, 1.807) is 36.4 Å². The highest BCUT2D eigenvalue weighted by Gasteiger charge is 2.12. The Morgan fingerprint density at radius 1 is 1.26 bits per heavy atom. The Bertz CT molecular complexity index is 749. The van der Waals surface area contributed by atoms with Crippen molar-refractivity contribution in [1.82, 2.24) is 5.43 Å². The molecule has 2 aromatic rings. The lowest BCUT2D eigenvalue weighted by Crippen LogP contribution is -2.24. The molecule has 0 unspecified atom stereocenters. The molecule has 23 heavy (non-hydrogen) atoms. The van der Waals surface area contributed by atoms with E-state index in [1.807, 2.05) is 6.07 Å².